The van der Waals surface area contributed by atoms with Crippen molar-refractivity contribution < 1.29 is 15.3 Å². The molecular formula is C13H28O3. The van der Waals surface area contributed by atoms with E-state index in [1.54, 1.807) is 0 Å². The van der Waals surface area contributed by atoms with Crippen LogP contribution in [0.3, 0.4) is 0 Å². The molecular weight excluding hydrogens is 204 g/mol. The maximum Gasteiger partial charge on any atom is 0.0899 e. The van der Waals surface area contributed by atoms with E-state index in [2.05, 4.69) is 6.92 Å². The highest BCUT2D eigenvalue weighted by Gasteiger charge is 2.24. The van der Waals surface area contributed by atoms with Crippen LogP contribution in [-0.4, -0.2) is 34.1 Å². The molecule has 3 nitrogen and oxygen atoms in total. The third-order valence-electron chi connectivity index (χ3n) is 3.12. The lowest BCUT2D eigenvalue weighted by atomic mass is 9.93. The fourth-order valence-electron chi connectivity index (χ4n) is 1.90. The Morgan fingerprint density at radius 2 is 1.38 bits per heavy atom. The van der Waals surface area contributed by atoms with Crippen LogP contribution in [-0.2, 0) is 0 Å². The minimum Gasteiger partial charge on any atom is -0.396 e. The summed E-state index contributed by atoms with van der Waals surface area (Å²) < 4.78 is 0. The predicted molar refractivity (Wildman–Crippen MR) is 66.3 cm³/mol. The van der Waals surface area contributed by atoms with Gasteiger partial charge in [-0.25, -0.2) is 0 Å². The normalized spacial score (nSPS) is 15.0. The van der Waals surface area contributed by atoms with Crippen molar-refractivity contribution in [3.8, 4) is 0 Å². The first-order valence-electron chi connectivity index (χ1n) is 6.62. The van der Waals surface area contributed by atoms with Crippen LogP contribution < -0.4 is 0 Å². The van der Waals surface area contributed by atoms with Gasteiger partial charge in [-0.05, 0) is 6.42 Å². The molecule has 3 heteroatoms. The Hall–Kier alpha value is -0.120. The molecule has 0 saturated carbocycles. The molecule has 16 heavy (non-hydrogen) atoms. The van der Waals surface area contributed by atoms with E-state index in [9.17, 15) is 5.11 Å². The van der Waals surface area contributed by atoms with Crippen molar-refractivity contribution in [3.05, 3.63) is 0 Å². The molecule has 0 aromatic rings. The van der Waals surface area contributed by atoms with Gasteiger partial charge in [0.1, 0.15) is 0 Å². The van der Waals surface area contributed by atoms with E-state index in [-0.39, 0.29) is 19.6 Å². The molecule has 98 valence electrons. The minimum atomic E-state index is -1.06. The van der Waals surface area contributed by atoms with Crippen LogP contribution in [0.5, 0.6) is 0 Å². The van der Waals surface area contributed by atoms with Crippen LogP contribution in [0.4, 0.5) is 0 Å². The van der Waals surface area contributed by atoms with Crippen molar-refractivity contribution in [2.24, 2.45) is 0 Å². The van der Waals surface area contributed by atoms with Crippen LogP contribution in [0, 0.1) is 0 Å². The van der Waals surface area contributed by atoms with Gasteiger partial charge in [0.2, 0.25) is 0 Å². The molecule has 1 atom stereocenters. The summed E-state index contributed by atoms with van der Waals surface area (Å²) in [5.74, 6) is 0. The molecule has 0 aliphatic heterocycles. The molecule has 0 bridgehead atoms. The quantitative estimate of drug-likeness (QED) is 0.479. The average Bonchev–Trinajstić information content (AvgIpc) is 2.28. The third-order valence-corrected chi connectivity index (χ3v) is 3.12. The Kier molecular flexibility index (Phi) is 9.99. The van der Waals surface area contributed by atoms with E-state index in [0.29, 0.717) is 6.42 Å². The van der Waals surface area contributed by atoms with E-state index in [0.717, 1.165) is 12.8 Å². The monoisotopic (exact) mass is 232 g/mol. The summed E-state index contributed by atoms with van der Waals surface area (Å²) in [6, 6.07) is 0. The van der Waals surface area contributed by atoms with Crippen molar-refractivity contribution in [1.29, 1.82) is 0 Å². The zero-order valence-electron chi connectivity index (χ0n) is 10.6. The Labute approximate surface area is 99.5 Å². The van der Waals surface area contributed by atoms with E-state index in [1.807, 2.05) is 0 Å². The lowest BCUT2D eigenvalue weighted by Gasteiger charge is -2.24. The highest BCUT2D eigenvalue weighted by molar-refractivity contribution is 4.76. The van der Waals surface area contributed by atoms with Gasteiger partial charge in [-0.15, -0.1) is 0 Å². The second kappa shape index (κ2) is 10.1. The first-order valence-corrected chi connectivity index (χ1v) is 6.62. The highest BCUT2D eigenvalue weighted by Crippen LogP contribution is 2.19. The maximum atomic E-state index is 9.85. The average molecular weight is 232 g/mol. The van der Waals surface area contributed by atoms with E-state index >= 15 is 0 Å². The molecule has 0 aromatic carbocycles. The summed E-state index contributed by atoms with van der Waals surface area (Å²) in [5, 5.41) is 27.6. The Morgan fingerprint density at radius 1 is 0.812 bits per heavy atom. The van der Waals surface area contributed by atoms with Gasteiger partial charge in [0.25, 0.3) is 0 Å². The highest BCUT2D eigenvalue weighted by atomic mass is 16.3. The van der Waals surface area contributed by atoms with Crippen LogP contribution >= 0.6 is 0 Å². The predicted octanol–water partition coefficient (Wildman–Crippen LogP) is 2.23. The Morgan fingerprint density at radius 3 is 1.88 bits per heavy atom. The van der Waals surface area contributed by atoms with Crippen LogP contribution in [0.25, 0.3) is 0 Å². The van der Waals surface area contributed by atoms with Crippen LogP contribution in [0.2, 0.25) is 0 Å². The molecule has 0 radical (unpaired) electrons. The fraction of sp³-hybridized carbons (Fsp3) is 1.00. The van der Waals surface area contributed by atoms with Gasteiger partial charge >= 0.3 is 0 Å². The van der Waals surface area contributed by atoms with E-state index in [1.165, 1.54) is 32.1 Å². The summed E-state index contributed by atoms with van der Waals surface area (Å²) in [6.45, 7) is 1.90. The first kappa shape index (κ1) is 15.9. The van der Waals surface area contributed by atoms with Gasteiger partial charge in [0, 0.05) is 13.0 Å². The Balaban J connectivity index is 3.41. The SMILES string of the molecule is CCCCCCCCC[C@](O)(CO)CCO. The molecule has 0 aliphatic rings. The van der Waals surface area contributed by atoms with Gasteiger partial charge in [-0.2, -0.15) is 0 Å². The van der Waals surface area contributed by atoms with Crippen molar-refractivity contribution in [1.82, 2.24) is 0 Å². The molecule has 3 N–H and O–H groups in total. The lowest BCUT2D eigenvalue weighted by molar-refractivity contribution is -0.0395. The number of aliphatic hydroxyl groups excluding tert-OH is 2. The second-order valence-electron chi connectivity index (χ2n) is 4.73. The topological polar surface area (TPSA) is 60.7 Å². The number of hydrogen-bond acceptors (Lipinski definition) is 3. The van der Waals surface area contributed by atoms with E-state index in [4.69, 9.17) is 10.2 Å². The maximum absolute atomic E-state index is 9.85. The molecule has 0 amide bonds. The van der Waals surface area contributed by atoms with Crippen molar-refractivity contribution in [3.63, 3.8) is 0 Å². The number of rotatable bonds is 11. The zero-order chi connectivity index (χ0) is 12.3. The summed E-state index contributed by atoms with van der Waals surface area (Å²) >= 11 is 0. The third kappa shape index (κ3) is 8.08. The molecule has 0 unspecified atom stereocenters. The van der Waals surface area contributed by atoms with Gasteiger partial charge in [0.15, 0.2) is 0 Å². The smallest absolute Gasteiger partial charge is 0.0899 e. The van der Waals surface area contributed by atoms with Crippen LogP contribution in [0.15, 0.2) is 0 Å². The summed E-state index contributed by atoms with van der Waals surface area (Å²) in [4.78, 5) is 0. The van der Waals surface area contributed by atoms with Crippen molar-refractivity contribution >= 4 is 0 Å². The molecule has 0 rings (SSSR count). The largest absolute Gasteiger partial charge is 0.396 e. The first-order chi connectivity index (χ1) is 7.68. The second-order valence-corrected chi connectivity index (χ2v) is 4.73. The number of unbranched alkanes of at least 4 members (excludes halogenated alkanes) is 6. The van der Waals surface area contributed by atoms with E-state index < -0.39 is 5.60 Å². The molecule has 0 spiro atoms. The van der Waals surface area contributed by atoms with Gasteiger partial charge < -0.3 is 15.3 Å². The summed E-state index contributed by atoms with van der Waals surface area (Å²) in [5.41, 5.74) is -1.06. The van der Waals surface area contributed by atoms with Crippen LogP contribution in [0.1, 0.15) is 64.7 Å². The molecule has 0 aliphatic carbocycles. The Bertz CT molecular complexity index is 150. The molecule has 0 heterocycles. The molecule has 0 fully saturated rings. The van der Waals surface area contributed by atoms with Crippen molar-refractivity contribution in [2.75, 3.05) is 13.2 Å². The summed E-state index contributed by atoms with van der Waals surface area (Å²) in [6.07, 6.45) is 9.27. The number of hydrogen-bond donors (Lipinski definition) is 3. The summed E-state index contributed by atoms with van der Waals surface area (Å²) in [7, 11) is 0. The van der Waals surface area contributed by atoms with Gasteiger partial charge in [-0.1, -0.05) is 51.9 Å². The standard InChI is InChI=1S/C13H28O3/c1-2-3-4-5-6-7-8-9-13(16,12-15)10-11-14/h14-16H,2-12H2,1H3/t13-/m1/s1. The fourth-order valence-corrected chi connectivity index (χ4v) is 1.90. The zero-order valence-corrected chi connectivity index (χ0v) is 10.6. The molecule has 0 aromatic heterocycles. The minimum absolute atomic E-state index is 0.0619. The van der Waals surface area contributed by atoms with Gasteiger partial charge in [-0.3, -0.25) is 0 Å². The molecule has 0 saturated heterocycles. The van der Waals surface area contributed by atoms with Crippen molar-refractivity contribution in [2.45, 2.75) is 70.3 Å². The number of aliphatic hydroxyl groups is 3. The van der Waals surface area contributed by atoms with Gasteiger partial charge in [0.05, 0.1) is 12.2 Å². The lowest BCUT2D eigenvalue weighted by Crippen LogP contribution is -2.34.